The summed E-state index contributed by atoms with van der Waals surface area (Å²) in [5.74, 6) is -0.0320. The van der Waals surface area contributed by atoms with Gasteiger partial charge in [-0.1, -0.05) is 15.9 Å². The fourth-order valence-corrected chi connectivity index (χ4v) is 4.17. The number of aliphatic hydroxyl groups excluding tert-OH is 1. The number of furan rings is 1. The van der Waals surface area contributed by atoms with E-state index < -0.39 is 17.7 Å². The molecule has 1 aromatic heterocycles. The maximum absolute atomic E-state index is 13.2. The molecule has 6 nitrogen and oxygen atoms in total. The summed E-state index contributed by atoms with van der Waals surface area (Å²) < 4.78 is 12.4. The summed E-state index contributed by atoms with van der Waals surface area (Å²) in [7, 11) is 0. The largest absolute Gasteiger partial charge is 0.507 e. The fraction of sp³-hybridized carbons (Fsp3) is 0.231. The first kappa shape index (κ1) is 22.9. The lowest BCUT2D eigenvalue weighted by atomic mass is 9.98. The van der Waals surface area contributed by atoms with Gasteiger partial charge in [0.05, 0.1) is 11.7 Å². The van der Waals surface area contributed by atoms with Crippen molar-refractivity contribution in [3.63, 3.8) is 0 Å². The van der Waals surface area contributed by atoms with Crippen LogP contribution in [0.15, 0.2) is 69.1 Å². The Balaban J connectivity index is 1.87. The molecule has 0 bridgehead atoms. The van der Waals surface area contributed by atoms with Crippen LogP contribution in [0.2, 0.25) is 0 Å². The first-order valence-electron chi connectivity index (χ1n) is 10.6. The summed E-state index contributed by atoms with van der Waals surface area (Å²) >= 11 is 3.39. The van der Waals surface area contributed by atoms with E-state index in [1.807, 2.05) is 20.8 Å². The van der Waals surface area contributed by atoms with Gasteiger partial charge in [-0.25, -0.2) is 0 Å². The second-order valence-electron chi connectivity index (χ2n) is 8.24. The molecule has 1 saturated heterocycles. The Bertz CT molecular complexity index is 1260. The Labute approximate surface area is 200 Å². The standard InChI is InChI=1S/C26H24BrNO5/c1-14(2)32-20-12-6-17(13-15(20)3)24(29)22-23(21-11-5-16(4)33-21)28(26(31)25(22)30)19-9-7-18(27)8-10-19/h5-14,23,29H,1-4H3/b24-22-. The summed E-state index contributed by atoms with van der Waals surface area (Å²) in [5.41, 5.74) is 1.73. The van der Waals surface area contributed by atoms with Crippen molar-refractivity contribution in [1.29, 1.82) is 0 Å². The van der Waals surface area contributed by atoms with Crippen LogP contribution in [-0.4, -0.2) is 22.9 Å². The summed E-state index contributed by atoms with van der Waals surface area (Å²) in [6, 6.07) is 14.8. The lowest BCUT2D eigenvalue weighted by Gasteiger charge is -2.23. The SMILES string of the molecule is Cc1ccc(C2/C(=C(/O)c3ccc(OC(C)C)c(C)c3)C(=O)C(=O)N2c2ccc(Br)cc2)o1. The van der Waals surface area contributed by atoms with Crippen LogP contribution in [0.5, 0.6) is 5.75 Å². The van der Waals surface area contributed by atoms with Gasteiger partial charge >= 0.3 is 0 Å². The number of ketones is 1. The zero-order chi connectivity index (χ0) is 23.9. The second kappa shape index (κ2) is 8.90. The number of benzene rings is 2. The van der Waals surface area contributed by atoms with Crippen molar-refractivity contribution in [3.8, 4) is 5.75 Å². The number of aliphatic hydroxyl groups is 1. The molecule has 4 rings (SSSR count). The number of carbonyl (C=O) groups excluding carboxylic acids is 2. The van der Waals surface area contributed by atoms with Gasteiger partial charge in [-0.2, -0.15) is 0 Å². The minimum Gasteiger partial charge on any atom is -0.507 e. The number of ether oxygens (including phenoxy) is 1. The Morgan fingerprint density at radius 3 is 2.33 bits per heavy atom. The Morgan fingerprint density at radius 2 is 1.76 bits per heavy atom. The van der Waals surface area contributed by atoms with Crippen molar-refractivity contribution in [3.05, 3.63) is 87.3 Å². The number of halogens is 1. The van der Waals surface area contributed by atoms with E-state index in [2.05, 4.69) is 15.9 Å². The van der Waals surface area contributed by atoms with E-state index in [1.165, 1.54) is 4.90 Å². The molecule has 0 aliphatic carbocycles. The molecule has 7 heteroatoms. The summed E-state index contributed by atoms with van der Waals surface area (Å²) in [4.78, 5) is 27.7. The predicted octanol–water partition coefficient (Wildman–Crippen LogP) is 6.07. The average molecular weight is 510 g/mol. The number of hydrogen-bond donors (Lipinski definition) is 1. The van der Waals surface area contributed by atoms with Crippen LogP contribution in [-0.2, 0) is 9.59 Å². The number of Topliss-reactive ketones (excluding diaryl/α,β-unsaturated/α-hetero) is 1. The van der Waals surface area contributed by atoms with E-state index in [-0.39, 0.29) is 17.4 Å². The van der Waals surface area contributed by atoms with Crippen LogP contribution in [0.3, 0.4) is 0 Å². The quantitative estimate of drug-likeness (QED) is 0.256. The minimum atomic E-state index is -0.897. The van der Waals surface area contributed by atoms with Gasteiger partial charge in [0.1, 0.15) is 29.1 Å². The molecule has 1 aliphatic heterocycles. The summed E-state index contributed by atoms with van der Waals surface area (Å²) in [6.45, 7) is 7.51. The molecule has 1 amide bonds. The predicted molar refractivity (Wildman–Crippen MR) is 129 cm³/mol. The van der Waals surface area contributed by atoms with Crippen molar-refractivity contribution in [2.75, 3.05) is 4.90 Å². The molecule has 1 fully saturated rings. The molecule has 0 saturated carbocycles. The highest BCUT2D eigenvalue weighted by atomic mass is 79.9. The highest BCUT2D eigenvalue weighted by molar-refractivity contribution is 9.10. The molecular formula is C26H24BrNO5. The smallest absolute Gasteiger partial charge is 0.300 e. The van der Waals surface area contributed by atoms with Gasteiger partial charge < -0.3 is 14.3 Å². The fourth-order valence-electron chi connectivity index (χ4n) is 3.91. The van der Waals surface area contributed by atoms with Crippen molar-refractivity contribution in [1.82, 2.24) is 0 Å². The molecule has 1 unspecified atom stereocenters. The highest BCUT2D eigenvalue weighted by Crippen LogP contribution is 2.43. The number of amides is 1. The van der Waals surface area contributed by atoms with Crippen LogP contribution in [0.1, 0.15) is 42.5 Å². The van der Waals surface area contributed by atoms with Gasteiger partial charge in [-0.15, -0.1) is 0 Å². The van der Waals surface area contributed by atoms with Crippen LogP contribution in [0.4, 0.5) is 5.69 Å². The number of nitrogens with zero attached hydrogens (tertiary/aromatic N) is 1. The Hall–Kier alpha value is -3.32. The molecule has 1 atom stereocenters. The van der Waals surface area contributed by atoms with E-state index in [4.69, 9.17) is 9.15 Å². The summed E-state index contributed by atoms with van der Waals surface area (Å²) in [5, 5.41) is 11.2. The number of aryl methyl sites for hydroxylation is 2. The number of carbonyl (C=O) groups is 2. The first-order chi connectivity index (χ1) is 15.7. The molecule has 2 aromatic carbocycles. The summed E-state index contributed by atoms with van der Waals surface area (Å²) in [6.07, 6.45) is 0.00146. The van der Waals surface area contributed by atoms with Gasteiger partial charge in [0.2, 0.25) is 0 Å². The van der Waals surface area contributed by atoms with Crippen LogP contribution >= 0.6 is 15.9 Å². The van der Waals surface area contributed by atoms with E-state index in [0.29, 0.717) is 28.5 Å². The van der Waals surface area contributed by atoms with Gasteiger partial charge in [-0.3, -0.25) is 14.5 Å². The van der Waals surface area contributed by atoms with Crippen LogP contribution < -0.4 is 9.64 Å². The molecule has 2 heterocycles. The lowest BCUT2D eigenvalue weighted by Crippen LogP contribution is -2.29. The van der Waals surface area contributed by atoms with Crippen molar-refractivity contribution in [2.45, 2.75) is 39.8 Å². The first-order valence-corrected chi connectivity index (χ1v) is 11.4. The third kappa shape index (κ3) is 4.33. The zero-order valence-corrected chi connectivity index (χ0v) is 20.3. The van der Waals surface area contributed by atoms with Crippen molar-refractivity contribution in [2.24, 2.45) is 0 Å². The highest BCUT2D eigenvalue weighted by Gasteiger charge is 2.48. The van der Waals surface area contributed by atoms with Crippen LogP contribution in [0.25, 0.3) is 5.76 Å². The maximum Gasteiger partial charge on any atom is 0.300 e. The molecule has 1 aliphatic rings. The third-order valence-electron chi connectivity index (χ3n) is 5.39. The monoisotopic (exact) mass is 509 g/mol. The van der Waals surface area contributed by atoms with E-state index >= 15 is 0 Å². The zero-order valence-electron chi connectivity index (χ0n) is 18.8. The Morgan fingerprint density at radius 1 is 1.06 bits per heavy atom. The van der Waals surface area contributed by atoms with E-state index in [9.17, 15) is 14.7 Å². The van der Waals surface area contributed by atoms with Gasteiger partial charge in [0.25, 0.3) is 11.7 Å². The van der Waals surface area contributed by atoms with Crippen molar-refractivity contribution >= 4 is 39.1 Å². The molecule has 33 heavy (non-hydrogen) atoms. The van der Waals surface area contributed by atoms with Gasteiger partial charge in [-0.05, 0) is 87.9 Å². The number of rotatable bonds is 5. The Kier molecular flexibility index (Phi) is 6.17. The maximum atomic E-state index is 13.2. The molecule has 170 valence electrons. The molecule has 0 radical (unpaired) electrons. The number of hydrogen-bond acceptors (Lipinski definition) is 5. The van der Waals surface area contributed by atoms with E-state index in [1.54, 1.807) is 61.5 Å². The van der Waals surface area contributed by atoms with Crippen LogP contribution in [0, 0.1) is 13.8 Å². The second-order valence-corrected chi connectivity index (χ2v) is 9.16. The number of anilines is 1. The molecular weight excluding hydrogens is 486 g/mol. The third-order valence-corrected chi connectivity index (χ3v) is 5.92. The van der Waals surface area contributed by atoms with Gasteiger partial charge in [0, 0.05) is 15.7 Å². The lowest BCUT2D eigenvalue weighted by molar-refractivity contribution is -0.132. The normalized spacial score (nSPS) is 17.8. The topological polar surface area (TPSA) is 80.0 Å². The molecule has 3 aromatic rings. The van der Waals surface area contributed by atoms with Gasteiger partial charge in [0.15, 0.2) is 0 Å². The molecule has 0 spiro atoms. The molecule has 1 N–H and O–H groups in total. The minimum absolute atomic E-state index is 0.00146. The van der Waals surface area contributed by atoms with Crippen molar-refractivity contribution < 1.29 is 23.8 Å². The average Bonchev–Trinajstić information content (AvgIpc) is 3.30. The van der Waals surface area contributed by atoms with E-state index in [0.717, 1.165) is 10.0 Å².